The maximum atomic E-state index is 11.3. The SMILES string of the molecule is CC1CN(CC2(C=O)CCOC2)CC(C)N1C. The van der Waals surface area contributed by atoms with E-state index in [0.717, 1.165) is 38.9 Å². The van der Waals surface area contributed by atoms with Gasteiger partial charge in [-0.1, -0.05) is 0 Å². The molecule has 0 radical (unpaired) electrons. The lowest BCUT2D eigenvalue weighted by molar-refractivity contribution is -0.118. The molecule has 2 rings (SSSR count). The minimum atomic E-state index is -0.241. The first-order valence-corrected chi connectivity index (χ1v) is 6.55. The number of hydrogen-bond acceptors (Lipinski definition) is 4. The molecule has 2 fully saturated rings. The smallest absolute Gasteiger partial charge is 0.129 e. The van der Waals surface area contributed by atoms with Gasteiger partial charge in [0.15, 0.2) is 0 Å². The van der Waals surface area contributed by atoms with Crippen molar-refractivity contribution in [3.8, 4) is 0 Å². The van der Waals surface area contributed by atoms with Gasteiger partial charge in [0.05, 0.1) is 12.0 Å². The van der Waals surface area contributed by atoms with Crippen molar-refractivity contribution in [2.75, 3.05) is 39.9 Å². The molecule has 0 aliphatic carbocycles. The molecule has 2 heterocycles. The zero-order valence-corrected chi connectivity index (χ0v) is 11.2. The van der Waals surface area contributed by atoms with Crippen LogP contribution in [0.25, 0.3) is 0 Å². The number of nitrogens with zero attached hydrogens (tertiary/aromatic N) is 2. The molecule has 2 aliphatic heterocycles. The molecule has 0 N–H and O–H groups in total. The largest absolute Gasteiger partial charge is 0.380 e. The first kappa shape index (κ1) is 13.0. The third-order valence-corrected chi connectivity index (χ3v) is 4.36. The average Bonchev–Trinajstić information content (AvgIpc) is 2.75. The van der Waals surface area contributed by atoms with Crippen molar-refractivity contribution < 1.29 is 9.53 Å². The number of carbonyl (C=O) groups excluding carboxylic acids is 1. The third-order valence-electron chi connectivity index (χ3n) is 4.36. The highest BCUT2D eigenvalue weighted by Gasteiger charge is 2.38. The van der Waals surface area contributed by atoms with Gasteiger partial charge in [-0.3, -0.25) is 9.80 Å². The van der Waals surface area contributed by atoms with Crippen molar-refractivity contribution >= 4 is 6.29 Å². The molecular weight excluding hydrogens is 216 g/mol. The number of hydrogen-bond donors (Lipinski definition) is 0. The molecule has 98 valence electrons. The van der Waals surface area contributed by atoms with Gasteiger partial charge in [0, 0.05) is 38.3 Å². The lowest BCUT2D eigenvalue weighted by Crippen LogP contribution is -2.57. The fourth-order valence-electron chi connectivity index (χ4n) is 2.97. The normalized spacial score (nSPS) is 40.6. The Hall–Kier alpha value is -0.450. The summed E-state index contributed by atoms with van der Waals surface area (Å²) in [6.45, 7) is 8.80. The van der Waals surface area contributed by atoms with E-state index in [0.29, 0.717) is 18.7 Å². The van der Waals surface area contributed by atoms with Gasteiger partial charge in [-0.15, -0.1) is 0 Å². The van der Waals surface area contributed by atoms with Crippen LogP contribution in [0.1, 0.15) is 20.3 Å². The van der Waals surface area contributed by atoms with E-state index in [4.69, 9.17) is 4.74 Å². The maximum Gasteiger partial charge on any atom is 0.129 e. The Bertz CT molecular complexity index is 265. The molecule has 0 saturated carbocycles. The second kappa shape index (κ2) is 5.04. The van der Waals surface area contributed by atoms with Crippen LogP contribution in [0.5, 0.6) is 0 Å². The molecule has 2 saturated heterocycles. The summed E-state index contributed by atoms with van der Waals surface area (Å²) in [5.74, 6) is 0. The zero-order valence-electron chi connectivity index (χ0n) is 11.2. The van der Waals surface area contributed by atoms with E-state index in [1.807, 2.05) is 0 Å². The zero-order chi connectivity index (χ0) is 12.5. The van der Waals surface area contributed by atoms with E-state index in [1.165, 1.54) is 0 Å². The number of rotatable bonds is 3. The van der Waals surface area contributed by atoms with Crippen LogP contribution in [0.15, 0.2) is 0 Å². The van der Waals surface area contributed by atoms with Crippen LogP contribution in [0, 0.1) is 5.41 Å². The Morgan fingerprint density at radius 2 is 2.00 bits per heavy atom. The molecule has 0 aromatic heterocycles. The van der Waals surface area contributed by atoms with Gasteiger partial charge in [-0.2, -0.15) is 0 Å². The lowest BCUT2D eigenvalue weighted by atomic mass is 9.88. The predicted octanol–water partition coefficient (Wildman–Crippen LogP) is 0.616. The summed E-state index contributed by atoms with van der Waals surface area (Å²) in [7, 11) is 2.18. The highest BCUT2D eigenvalue weighted by molar-refractivity contribution is 5.60. The van der Waals surface area contributed by atoms with Crippen molar-refractivity contribution in [3.63, 3.8) is 0 Å². The van der Waals surface area contributed by atoms with Crippen LogP contribution in [-0.4, -0.2) is 68.1 Å². The van der Waals surface area contributed by atoms with Gasteiger partial charge in [0.1, 0.15) is 6.29 Å². The second-order valence-corrected chi connectivity index (χ2v) is 5.84. The molecule has 0 bridgehead atoms. The predicted molar refractivity (Wildman–Crippen MR) is 67.1 cm³/mol. The number of likely N-dealkylation sites (N-methyl/N-ethyl adjacent to an activating group) is 1. The van der Waals surface area contributed by atoms with E-state index < -0.39 is 0 Å². The van der Waals surface area contributed by atoms with Gasteiger partial charge < -0.3 is 9.53 Å². The Kier molecular flexibility index (Phi) is 3.85. The number of ether oxygens (including phenoxy) is 1. The van der Waals surface area contributed by atoms with Crippen LogP contribution in [0.2, 0.25) is 0 Å². The lowest BCUT2D eigenvalue weighted by Gasteiger charge is -2.44. The summed E-state index contributed by atoms with van der Waals surface area (Å²) < 4.78 is 5.40. The first-order valence-electron chi connectivity index (χ1n) is 6.55. The highest BCUT2D eigenvalue weighted by Crippen LogP contribution is 2.28. The number of aldehydes is 1. The summed E-state index contributed by atoms with van der Waals surface area (Å²) in [6, 6.07) is 1.12. The fourth-order valence-corrected chi connectivity index (χ4v) is 2.97. The van der Waals surface area contributed by atoms with Gasteiger partial charge in [-0.05, 0) is 27.3 Å². The molecule has 0 aromatic rings. The van der Waals surface area contributed by atoms with Crippen LogP contribution in [-0.2, 0) is 9.53 Å². The maximum absolute atomic E-state index is 11.3. The van der Waals surface area contributed by atoms with Gasteiger partial charge in [-0.25, -0.2) is 0 Å². The van der Waals surface area contributed by atoms with Gasteiger partial charge in [0.25, 0.3) is 0 Å². The van der Waals surface area contributed by atoms with E-state index in [2.05, 4.69) is 30.7 Å². The molecule has 0 aromatic carbocycles. The highest BCUT2D eigenvalue weighted by atomic mass is 16.5. The van der Waals surface area contributed by atoms with E-state index >= 15 is 0 Å². The monoisotopic (exact) mass is 240 g/mol. The molecule has 17 heavy (non-hydrogen) atoms. The summed E-state index contributed by atoms with van der Waals surface area (Å²) in [5, 5.41) is 0. The topological polar surface area (TPSA) is 32.8 Å². The van der Waals surface area contributed by atoms with Gasteiger partial charge in [0.2, 0.25) is 0 Å². The molecular formula is C13H24N2O2. The summed E-state index contributed by atoms with van der Waals surface area (Å²) in [4.78, 5) is 16.2. The van der Waals surface area contributed by atoms with Crippen molar-refractivity contribution in [3.05, 3.63) is 0 Å². The first-order chi connectivity index (χ1) is 8.06. The Labute approximate surface area is 104 Å². The quantitative estimate of drug-likeness (QED) is 0.677. The van der Waals surface area contributed by atoms with Crippen LogP contribution < -0.4 is 0 Å². The third kappa shape index (κ3) is 2.69. The summed E-state index contributed by atoms with van der Waals surface area (Å²) >= 11 is 0. The summed E-state index contributed by atoms with van der Waals surface area (Å²) in [5.41, 5.74) is -0.241. The molecule has 3 unspecified atom stereocenters. The number of piperazine rings is 1. The minimum Gasteiger partial charge on any atom is -0.380 e. The molecule has 0 amide bonds. The van der Waals surface area contributed by atoms with Crippen molar-refractivity contribution in [1.29, 1.82) is 0 Å². The van der Waals surface area contributed by atoms with Crippen molar-refractivity contribution in [1.82, 2.24) is 9.80 Å². The summed E-state index contributed by atoms with van der Waals surface area (Å²) in [6.07, 6.45) is 2.00. The van der Waals surface area contributed by atoms with E-state index in [1.54, 1.807) is 0 Å². The average molecular weight is 240 g/mol. The second-order valence-electron chi connectivity index (χ2n) is 5.84. The Balaban J connectivity index is 1.97. The molecule has 0 spiro atoms. The molecule has 3 atom stereocenters. The van der Waals surface area contributed by atoms with Crippen LogP contribution >= 0.6 is 0 Å². The van der Waals surface area contributed by atoms with Crippen LogP contribution in [0.4, 0.5) is 0 Å². The molecule has 4 heteroatoms. The van der Waals surface area contributed by atoms with E-state index in [-0.39, 0.29) is 5.41 Å². The minimum absolute atomic E-state index is 0.241. The Morgan fingerprint density at radius 3 is 2.47 bits per heavy atom. The molecule has 2 aliphatic rings. The van der Waals surface area contributed by atoms with Gasteiger partial charge >= 0.3 is 0 Å². The van der Waals surface area contributed by atoms with Crippen LogP contribution in [0.3, 0.4) is 0 Å². The van der Waals surface area contributed by atoms with Crippen molar-refractivity contribution in [2.45, 2.75) is 32.4 Å². The molecule has 4 nitrogen and oxygen atoms in total. The standard InChI is InChI=1S/C13H24N2O2/c1-11-6-15(7-12(2)14(11)3)8-13(9-16)4-5-17-10-13/h9,11-12H,4-8,10H2,1-3H3. The Morgan fingerprint density at radius 1 is 1.35 bits per heavy atom. The van der Waals surface area contributed by atoms with Crippen molar-refractivity contribution in [2.24, 2.45) is 5.41 Å². The fraction of sp³-hybridized carbons (Fsp3) is 0.923. The number of carbonyl (C=O) groups is 1. The van der Waals surface area contributed by atoms with E-state index in [9.17, 15) is 4.79 Å².